The Morgan fingerprint density at radius 3 is 2.92 bits per heavy atom. The number of benzene rings is 1. The number of hydrogen-bond donors (Lipinski definition) is 0. The zero-order valence-electron chi connectivity index (χ0n) is 7.58. The summed E-state index contributed by atoms with van der Waals surface area (Å²) in [6.45, 7) is 2.03. The fourth-order valence-electron chi connectivity index (χ4n) is 1.50. The van der Waals surface area contributed by atoms with Gasteiger partial charge in [0.05, 0.1) is 5.69 Å². The van der Waals surface area contributed by atoms with Crippen molar-refractivity contribution >= 4 is 17.2 Å². The van der Waals surface area contributed by atoms with Crippen LogP contribution in [0.15, 0.2) is 29.3 Å². The smallest absolute Gasteiger partial charge is 0.170 e. The van der Waals surface area contributed by atoms with Gasteiger partial charge in [-0.25, -0.2) is 0 Å². The molecule has 1 aliphatic heterocycles. The van der Waals surface area contributed by atoms with E-state index in [1.54, 1.807) is 0 Å². The van der Waals surface area contributed by atoms with Crippen LogP contribution in [0.4, 0.5) is 5.69 Å². The van der Waals surface area contributed by atoms with E-state index in [2.05, 4.69) is 4.99 Å². The number of hydrogen-bond acceptors (Lipinski definition) is 2. The summed E-state index contributed by atoms with van der Waals surface area (Å²) in [7, 11) is 0. The lowest BCUT2D eigenvalue weighted by Crippen LogP contribution is -2.12. The zero-order chi connectivity index (χ0) is 9.26. The van der Waals surface area contributed by atoms with Crippen LogP contribution in [0.5, 0.6) is 0 Å². The van der Waals surface area contributed by atoms with E-state index in [0.717, 1.165) is 23.4 Å². The third-order valence-electron chi connectivity index (χ3n) is 2.26. The van der Waals surface area contributed by atoms with Crippen molar-refractivity contribution in [1.29, 1.82) is 0 Å². The number of carbonyl (C=O) groups excluding carboxylic acids is 1. The lowest BCUT2D eigenvalue weighted by Gasteiger charge is -2.12. The minimum absolute atomic E-state index is 0.197. The van der Waals surface area contributed by atoms with Crippen LogP contribution in [0.1, 0.15) is 30.1 Å². The average Bonchev–Trinajstić information content (AvgIpc) is 2.18. The molecule has 0 saturated heterocycles. The quantitative estimate of drug-likeness (QED) is 0.642. The summed E-state index contributed by atoms with van der Waals surface area (Å²) in [4.78, 5) is 16.0. The average molecular weight is 173 g/mol. The summed E-state index contributed by atoms with van der Waals surface area (Å²) >= 11 is 0. The normalized spacial score (nSPS) is 15.2. The molecule has 0 aliphatic carbocycles. The molecule has 1 heterocycles. The molecule has 1 aromatic rings. The molecule has 0 saturated carbocycles. The molecule has 2 nitrogen and oxygen atoms in total. The zero-order valence-corrected chi connectivity index (χ0v) is 7.58. The van der Waals surface area contributed by atoms with Gasteiger partial charge in [-0.2, -0.15) is 0 Å². The summed E-state index contributed by atoms with van der Waals surface area (Å²) in [5, 5.41) is 0. The van der Waals surface area contributed by atoms with Crippen molar-refractivity contribution in [3.8, 4) is 0 Å². The van der Waals surface area contributed by atoms with Crippen LogP contribution in [0.2, 0.25) is 0 Å². The topological polar surface area (TPSA) is 29.4 Å². The first-order valence-corrected chi connectivity index (χ1v) is 4.50. The van der Waals surface area contributed by atoms with E-state index in [1.165, 1.54) is 0 Å². The number of fused-ring (bicyclic) bond motifs is 1. The number of ketones is 1. The number of Topliss-reactive ketones (excluding diaryl/α,β-unsaturated/α-hetero) is 1. The second-order valence-electron chi connectivity index (χ2n) is 3.15. The Labute approximate surface area is 77.3 Å². The van der Waals surface area contributed by atoms with Crippen LogP contribution in [-0.2, 0) is 0 Å². The maximum absolute atomic E-state index is 11.6. The van der Waals surface area contributed by atoms with E-state index in [9.17, 15) is 4.79 Å². The van der Waals surface area contributed by atoms with Gasteiger partial charge in [0.1, 0.15) is 0 Å². The fourth-order valence-corrected chi connectivity index (χ4v) is 1.50. The summed E-state index contributed by atoms with van der Waals surface area (Å²) < 4.78 is 0. The first-order valence-electron chi connectivity index (χ1n) is 4.50. The number of carbonyl (C=O) groups is 1. The van der Waals surface area contributed by atoms with Crippen LogP contribution < -0.4 is 0 Å². The highest BCUT2D eigenvalue weighted by atomic mass is 16.1. The molecular weight excluding hydrogens is 162 g/mol. The van der Waals surface area contributed by atoms with E-state index in [0.29, 0.717) is 6.42 Å². The first-order chi connectivity index (χ1) is 6.31. The predicted molar refractivity (Wildman–Crippen MR) is 52.8 cm³/mol. The molecule has 0 unspecified atom stereocenters. The fraction of sp³-hybridized carbons (Fsp3) is 0.273. The second kappa shape index (κ2) is 3.13. The van der Waals surface area contributed by atoms with E-state index in [4.69, 9.17) is 0 Å². The molecule has 0 atom stereocenters. The van der Waals surface area contributed by atoms with Crippen molar-refractivity contribution in [2.24, 2.45) is 4.99 Å². The van der Waals surface area contributed by atoms with E-state index < -0.39 is 0 Å². The summed E-state index contributed by atoms with van der Waals surface area (Å²) in [5.41, 5.74) is 2.58. The lowest BCUT2D eigenvalue weighted by molar-refractivity contribution is 0.0999. The molecule has 2 rings (SSSR count). The molecule has 13 heavy (non-hydrogen) atoms. The van der Waals surface area contributed by atoms with Gasteiger partial charge in [-0.1, -0.05) is 19.1 Å². The van der Waals surface area contributed by atoms with Gasteiger partial charge in [0.15, 0.2) is 5.78 Å². The van der Waals surface area contributed by atoms with Gasteiger partial charge in [0.25, 0.3) is 0 Å². The monoisotopic (exact) mass is 173 g/mol. The Kier molecular flexibility index (Phi) is 1.97. The molecule has 2 heteroatoms. The van der Waals surface area contributed by atoms with Crippen molar-refractivity contribution in [3.05, 3.63) is 29.8 Å². The van der Waals surface area contributed by atoms with E-state index in [-0.39, 0.29) is 5.78 Å². The SMILES string of the molecule is CCC1=Nc2ccccc2C(=O)C1. The van der Waals surface area contributed by atoms with Crippen LogP contribution in [-0.4, -0.2) is 11.5 Å². The molecule has 0 spiro atoms. The maximum Gasteiger partial charge on any atom is 0.170 e. The van der Waals surface area contributed by atoms with Gasteiger partial charge in [-0.15, -0.1) is 0 Å². The van der Waals surface area contributed by atoms with Gasteiger partial charge in [0, 0.05) is 17.7 Å². The third-order valence-corrected chi connectivity index (χ3v) is 2.26. The van der Waals surface area contributed by atoms with Crippen molar-refractivity contribution in [2.45, 2.75) is 19.8 Å². The molecule has 0 bridgehead atoms. The second-order valence-corrected chi connectivity index (χ2v) is 3.15. The highest BCUT2D eigenvalue weighted by Crippen LogP contribution is 2.25. The van der Waals surface area contributed by atoms with Crippen LogP contribution in [0, 0.1) is 0 Å². The Bertz CT molecular complexity index is 379. The number of para-hydroxylation sites is 1. The van der Waals surface area contributed by atoms with E-state index in [1.807, 2.05) is 31.2 Å². The highest BCUT2D eigenvalue weighted by molar-refractivity contribution is 6.15. The first kappa shape index (κ1) is 8.17. The summed E-state index contributed by atoms with van der Waals surface area (Å²) in [6.07, 6.45) is 1.35. The van der Waals surface area contributed by atoms with Crippen molar-refractivity contribution < 1.29 is 4.79 Å². The Hall–Kier alpha value is -1.44. The molecule has 1 aliphatic rings. The number of nitrogens with zero attached hydrogens (tertiary/aromatic N) is 1. The molecule has 0 aromatic heterocycles. The third kappa shape index (κ3) is 1.39. The van der Waals surface area contributed by atoms with Crippen molar-refractivity contribution in [3.63, 3.8) is 0 Å². The maximum atomic E-state index is 11.6. The van der Waals surface area contributed by atoms with Crippen LogP contribution >= 0.6 is 0 Å². The Balaban J connectivity index is 2.53. The Morgan fingerprint density at radius 1 is 1.38 bits per heavy atom. The van der Waals surface area contributed by atoms with Gasteiger partial charge in [0.2, 0.25) is 0 Å². The highest BCUT2D eigenvalue weighted by Gasteiger charge is 2.17. The molecule has 0 amide bonds. The minimum Gasteiger partial charge on any atom is -0.294 e. The molecule has 66 valence electrons. The van der Waals surface area contributed by atoms with Crippen molar-refractivity contribution in [1.82, 2.24) is 0 Å². The van der Waals surface area contributed by atoms with Gasteiger partial charge < -0.3 is 0 Å². The summed E-state index contributed by atoms with van der Waals surface area (Å²) in [6, 6.07) is 7.52. The summed E-state index contributed by atoms with van der Waals surface area (Å²) in [5.74, 6) is 0.197. The predicted octanol–water partition coefficient (Wildman–Crippen LogP) is 2.76. The number of rotatable bonds is 1. The molecule has 0 fully saturated rings. The van der Waals surface area contributed by atoms with Gasteiger partial charge >= 0.3 is 0 Å². The van der Waals surface area contributed by atoms with Crippen molar-refractivity contribution in [2.75, 3.05) is 0 Å². The molecule has 0 N–H and O–H groups in total. The van der Waals surface area contributed by atoms with Crippen LogP contribution in [0.25, 0.3) is 0 Å². The largest absolute Gasteiger partial charge is 0.294 e. The lowest BCUT2D eigenvalue weighted by atomic mass is 9.99. The Morgan fingerprint density at radius 2 is 2.15 bits per heavy atom. The van der Waals surface area contributed by atoms with Crippen LogP contribution in [0.3, 0.4) is 0 Å². The van der Waals surface area contributed by atoms with Gasteiger partial charge in [-0.3, -0.25) is 9.79 Å². The van der Waals surface area contributed by atoms with Gasteiger partial charge in [-0.05, 0) is 18.6 Å². The molecule has 1 aromatic carbocycles. The molecule has 0 radical (unpaired) electrons. The van der Waals surface area contributed by atoms with E-state index >= 15 is 0 Å². The molecular formula is C11H11NO. The number of aliphatic imine (C=N–C) groups is 1. The minimum atomic E-state index is 0.197. The standard InChI is InChI=1S/C11H11NO/c1-2-8-7-11(13)9-5-3-4-6-10(9)12-8/h3-6H,2,7H2,1H3.